The van der Waals surface area contributed by atoms with Crippen LogP contribution >= 0.6 is 0 Å². The molecule has 0 aliphatic carbocycles. The summed E-state index contributed by atoms with van der Waals surface area (Å²) in [6.07, 6.45) is 1.74. The second kappa shape index (κ2) is 3.70. The van der Waals surface area contributed by atoms with Crippen LogP contribution in [-0.2, 0) is 10.2 Å². The van der Waals surface area contributed by atoms with E-state index in [1.165, 1.54) is 0 Å². The maximum Gasteiger partial charge on any atom is 0.302 e. The van der Waals surface area contributed by atoms with Crippen molar-refractivity contribution in [3.8, 4) is 0 Å². The van der Waals surface area contributed by atoms with E-state index in [0.717, 1.165) is 19.4 Å². The standard InChI is InChI=1S/C7H14FNO2S/c1-6-7(3-2-4-9-6)5-12(8,10)11/h6-7,9H,2-5H2,1H3. The van der Waals surface area contributed by atoms with Gasteiger partial charge >= 0.3 is 10.2 Å². The Morgan fingerprint density at radius 2 is 2.25 bits per heavy atom. The lowest BCUT2D eigenvalue weighted by atomic mass is 9.94. The smallest absolute Gasteiger partial charge is 0.302 e. The third-order valence-corrected chi connectivity index (χ3v) is 3.16. The Bertz CT molecular complexity index is 240. The zero-order valence-electron chi connectivity index (χ0n) is 7.09. The molecule has 12 heavy (non-hydrogen) atoms. The lowest BCUT2D eigenvalue weighted by Crippen LogP contribution is -2.41. The molecule has 72 valence electrons. The molecule has 0 bridgehead atoms. The Morgan fingerprint density at radius 3 is 2.75 bits per heavy atom. The number of halogens is 1. The maximum atomic E-state index is 12.3. The van der Waals surface area contributed by atoms with Gasteiger partial charge in [0.25, 0.3) is 0 Å². The third kappa shape index (κ3) is 3.06. The number of nitrogens with one attached hydrogen (secondary N) is 1. The maximum absolute atomic E-state index is 12.3. The van der Waals surface area contributed by atoms with Gasteiger partial charge < -0.3 is 5.32 Å². The Labute approximate surface area is 72.6 Å². The van der Waals surface area contributed by atoms with Gasteiger partial charge in [0.2, 0.25) is 0 Å². The summed E-state index contributed by atoms with van der Waals surface area (Å²) in [7, 11) is -4.30. The lowest BCUT2D eigenvalue weighted by Gasteiger charge is -2.28. The molecule has 0 amide bonds. The topological polar surface area (TPSA) is 46.2 Å². The molecule has 1 N–H and O–H groups in total. The van der Waals surface area contributed by atoms with Crippen LogP contribution in [0.3, 0.4) is 0 Å². The molecule has 0 aromatic rings. The second-order valence-electron chi connectivity index (χ2n) is 3.35. The van der Waals surface area contributed by atoms with Crippen molar-refractivity contribution in [2.24, 2.45) is 5.92 Å². The number of hydrogen-bond acceptors (Lipinski definition) is 3. The highest BCUT2D eigenvalue weighted by molar-refractivity contribution is 7.86. The first-order valence-corrected chi connectivity index (χ1v) is 5.70. The number of hydrogen-bond donors (Lipinski definition) is 1. The quantitative estimate of drug-likeness (QED) is 0.659. The van der Waals surface area contributed by atoms with E-state index in [1.807, 2.05) is 6.92 Å². The van der Waals surface area contributed by atoms with Crippen LogP contribution in [0.4, 0.5) is 3.89 Å². The number of rotatable bonds is 2. The molecule has 0 saturated carbocycles. The predicted molar refractivity (Wildman–Crippen MR) is 45.1 cm³/mol. The van der Waals surface area contributed by atoms with Crippen LogP contribution in [-0.4, -0.2) is 26.8 Å². The van der Waals surface area contributed by atoms with E-state index in [0.29, 0.717) is 0 Å². The van der Waals surface area contributed by atoms with Gasteiger partial charge in [0, 0.05) is 6.04 Å². The van der Waals surface area contributed by atoms with Crippen LogP contribution in [0.15, 0.2) is 0 Å². The molecule has 1 aliphatic heterocycles. The molecule has 1 aliphatic rings. The van der Waals surface area contributed by atoms with Crippen molar-refractivity contribution in [1.29, 1.82) is 0 Å². The van der Waals surface area contributed by atoms with E-state index in [1.54, 1.807) is 0 Å². The average molecular weight is 195 g/mol. The summed E-state index contributed by atoms with van der Waals surface area (Å²) in [6, 6.07) is 0.115. The zero-order valence-corrected chi connectivity index (χ0v) is 7.90. The fourth-order valence-electron chi connectivity index (χ4n) is 1.59. The fraction of sp³-hybridized carbons (Fsp3) is 1.00. The summed E-state index contributed by atoms with van der Waals surface area (Å²) in [5.74, 6) is -0.394. The Morgan fingerprint density at radius 1 is 1.58 bits per heavy atom. The van der Waals surface area contributed by atoms with Gasteiger partial charge in [0.05, 0.1) is 5.75 Å². The van der Waals surface area contributed by atoms with Crippen molar-refractivity contribution in [3.05, 3.63) is 0 Å². The lowest BCUT2D eigenvalue weighted by molar-refractivity contribution is 0.317. The first kappa shape index (κ1) is 9.92. The minimum absolute atomic E-state index is 0.0613. The van der Waals surface area contributed by atoms with Gasteiger partial charge in [-0.3, -0.25) is 0 Å². The molecule has 1 fully saturated rings. The number of piperidine rings is 1. The minimum Gasteiger partial charge on any atom is -0.314 e. The highest BCUT2D eigenvalue weighted by Crippen LogP contribution is 2.18. The van der Waals surface area contributed by atoms with Crippen molar-refractivity contribution in [2.75, 3.05) is 12.3 Å². The van der Waals surface area contributed by atoms with Crippen LogP contribution in [0, 0.1) is 5.92 Å². The van der Waals surface area contributed by atoms with E-state index in [-0.39, 0.29) is 17.7 Å². The summed E-state index contributed by atoms with van der Waals surface area (Å²) in [5.41, 5.74) is 0. The van der Waals surface area contributed by atoms with Gasteiger partial charge in [-0.2, -0.15) is 8.42 Å². The summed E-state index contributed by atoms with van der Waals surface area (Å²) in [4.78, 5) is 0. The van der Waals surface area contributed by atoms with Gasteiger partial charge in [-0.1, -0.05) is 0 Å². The van der Waals surface area contributed by atoms with Crippen LogP contribution in [0.2, 0.25) is 0 Å². The summed E-state index contributed by atoms with van der Waals surface area (Å²) < 4.78 is 33.0. The molecule has 0 aromatic carbocycles. The van der Waals surface area contributed by atoms with Gasteiger partial charge in [-0.15, -0.1) is 3.89 Å². The average Bonchev–Trinajstić information content (AvgIpc) is 1.91. The van der Waals surface area contributed by atoms with Gasteiger partial charge in [-0.25, -0.2) is 0 Å². The monoisotopic (exact) mass is 195 g/mol. The zero-order chi connectivity index (χ0) is 9.19. The van der Waals surface area contributed by atoms with E-state index in [2.05, 4.69) is 5.32 Å². The van der Waals surface area contributed by atoms with Gasteiger partial charge in [0.15, 0.2) is 0 Å². The molecule has 0 aromatic heterocycles. The van der Waals surface area contributed by atoms with Crippen molar-refractivity contribution in [3.63, 3.8) is 0 Å². The molecule has 2 unspecified atom stereocenters. The van der Waals surface area contributed by atoms with E-state index in [9.17, 15) is 12.3 Å². The normalized spacial score (nSPS) is 31.8. The molecular formula is C7H14FNO2S. The molecule has 1 rings (SSSR count). The molecule has 2 atom stereocenters. The summed E-state index contributed by atoms with van der Waals surface area (Å²) >= 11 is 0. The first-order valence-electron chi connectivity index (χ1n) is 4.15. The SMILES string of the molecule is CC1NCCCC1CS(=O)(=O)F. The van der Waals surface area contributed by atoms with Crippen molar-refractivity contribution in [2.45, 2.75) is 25.8 Å². The largest absolute Gasteiger partial charge is 0.314 e. The Hall–Kier alpha value is -0.160. The Kier molecular flexibility index (Phi) is 3.06. The van der Waals surface area contributed by atoms with E-state index >= 15 is 0 Å². The minimum atomic E-state index is -4.30. The van der Waals surface area contributed by atoms with Crippen molar-refractivity contribution in [1.82, 2.24) is 5.32 Å². The van der Waals surface area contributed by atoms with Crippen molar-refractivity contribution >= 4 is 10.2 Å². The van der Waals surface area contributed by atoms with Crippen LogP contribution < -0.4 is 5.32 Å². The molecule has 1 heterocycles. The highest BCUT2D eigenvalue weighted by atomic mass is 32.3. The third-order valence-electron chi connectivity index (χ3n) is 2.34. The highest BCUT2D eigenvalue weighted by Gasteiger charge is 2.25. The van der Waals surface area contributed by atoms with Crippen LogP contribution in [0.5, 0.6) is 0 Å². The molecule has 5 heteroatoms. The molecule has 0 spiro atoms. The van der Waals surface area contributed by atoms with E-state index in [4.69, 9.17) is 0 Å². The second-order valence-corrected chi connectivity index (χ2v) is 4.76. The van der Waals surface area contributed by atoms with Crippen LogP contribution in [0.1, 0.15) is 19.8 Å². The van der Waals surface area contributed by atoms with E-state index < -0.39 is 10.2 Å². The first-order chi connectivity index (χ1) is 5.49. The van der Waals surface area contributed by atoms with Crippen LogP contribution in [0.25, 0.3) is 0 Å². The molecule has 3 nitrogen and oxygen atoms in total. The summed E-state index contributed by atoms with van der Waals surface area (Å²) in [6.45, 7) is 2.80. The predicted octanol–water partition coefficient (Wildman–Crippen LogP) is 0.674. The van der Waals surface area contributed by atoms with Gasteiger partial charge in [-0.05, 0) is 32.2 Å². The summed E-state index contributed by atoms with van der Waals surface area (Å²) in [5, 5.41) is 3.12. The Balaban J connectivity index is 2.50. The molecule has 1 saturated heterocycles. The fourth-order valence-corrected chi connectivity index (χ4v) is 2.56. The molecular weight excluding hydrogens is 181 g/mol. The van der Waals surface area contributed by atoms with Gasteiger partial charge in [0.1, 0.15) is 0 Å². The molecule has 0 radical (unpaired) electrons. The van der Waals surface area contributed by atoms with Crippen molar-refractivity contribution < 1.29 is 12.3 Å².